The highest BCUT2D eigenvalue weighted by molar-refractivity contribution is 5.92. The molecule has 0 fully saturated rings. The predicted molar refractivity (Wildman–Crippen MR) is 41.5 cm³/mol. The second-order valence-corrected chi connectivity index (χ2v) is 2.34. The second-order valence-electron chi connectivity index (χ2n) is 2.34. The largest absolute Gasteiger partial charge is 0.366 e. The lowest BCUT2D eigenvalue weighted by Crippen LogP contribution is -2.12. The van der Waals surface area contributed by atoms with Crippen LogP contribution in [-0.2, 0) is 0 Å². The number of hydrogen-bond acceptors (Lipinski definition) is 3. The third-order valence-electron chi connectivity index (χ3n) is 1.53. The van der Waals surface area contributed by atoms with E-state index in [1.807, 2.05) is 0 Å². The number of primary amides is 1. The molecular weight excluding hydrogens is 156 g/mol. The predicted octanol–water partition coefficient (Wildman–Crippen LogP) is -0.172. The van der Waals surface area contributed by atoms with Gasteiger partial charge in [0, 0.05) is 24.8 Å². The molecule has 2 aromatic rings. The van der Waals surface area contributed by atoms with Crippen LogP contribution in [0.5, 0.6) is 0 Å². The van der Waals surface area contributed by atoms with Gasteiger partial charge in [-0.3, -0.25) is 9.20 Å². The average Bonchev–Trinajstić information content (AvgIpc) is 2.49. The smallest absolute Gasteiger partial charge is 0.251 e. The summed E-state index contributed by atoms with van der Waals surface area (Å²) >= 11 is 0. The zero-order valence-electron chi connectivity index (χ0n) is 6.14. The summed E-state index contributed by atoms with van der Waals surface area (Å²) in [5.41, 5.74) is 5.44. The van der Waals surface area contributed by atoms with E-state index in [1.165, 1.54) is 6.20 Å². The fourth-order valence-corrected chi connectivity index (χ4v) is 0.944. The van der Waals surface area contributed by atoms with Crippen molar-refractivity contribution in [2.24, 2.45) is 5.73 Å². The molecule has 2 rings (SSSR count). The molecule has 5 nitrogen and oxygen atoms in total. The van der Waals surface area contributed by atoms with E-state index in [-0.39, 0.29) is 0 Å². The van der Waals surface area contributed by atoms with Crippen LogP contribution >= 0.6 is 0 Å². The third-order valence-corrected chi connectivity index (χ3v) is 1.53. The molecule has 0 bridgehead atoms. The molecule has 0 atom stereocenters. The molecule has 0 aliphatic carbocycles. The highest BCUT2D eigenvalue weighted by Crippen LogP contribution is 1.99. The van der Waals surface area contributed by atoms with Crippen molar-refractivity contribution in [3.63, 3.8) is 0 Å². The standard InChI is InChI=1S/C7H6N4O/c8-6(12)5-3-10-7-9-1-2-11(7)4-5/h1-4H,(H2,8,12). The summed E-state index contributed by atoms with van der Waals surface area (Å²) in [7, 11) is 0. The van der Waals surface area contributed by atoms with Crippen LogP contribution < -0.4 is 5.73 Å². The minimum absolute atomic E-state index is 0.375. The highest BCUT2D eigenvalue weighted by atomic mass is 16.1. The molecule has 2 aromatic heterocycles. The van der Waals surface area contributed by atoms with E-state index in [0.717, 1.165) is 0 Å². The Morgan fingerprint density at radius 2 is 2.33 bits per heavy atom. The molecule has 60 valence electrons. The zero-order chi connectivity index (χ0) is 8.55. The van der Waals surface area contributed by atoms with Crippen LogP contribution in [-0.4, -0.2) is 20.3 Å². The van der Waals surface area contributed by atoms with Crippen molar-refractivity contribution in [2.45, 2.75) is 0 Å². The fourth-order valence-electron chi connectivity index (χ4n) is 0.944. The van der Waals surface area contributed by atoms with Gasteiger partial charge in [-0.1, -0.05) is 0 Å². The van der Waals surface area contributed by atoms with E-state index in [9.17, 15) is 4.79 Å². The molecule has 0 saturated heterocycles. The number of rotatable bonds is 1. The number of carbonyl (C=O) groups excluding carboxylic acids is 1. The lowest BCUT2D eigenvalue weighted by molar-refractivity contribution is 0.0999. The van der Waals surface area contributed by atoms with Crippen molar-refractivity contribution >= 4 is 11.7 Å². The first kappa shape index (κ1) is 6.78. The third kappa shape index (κ3) is 0.914. The molecule has 0 aromatic carbocycles. The quantitative estimate of drug-likeness (QED) is 0.632. The van der Waals surface area contributed by atoms with Gasteiger partial charge in [0.05, 0.1) is 5.56 Å². The van der Waals surface area contributed by atoms with Gasteiger partial charge in [-0.15, -0.1) is 0 Å². The Morgan fingerprint density at radius 1 is 1.50 bits per heavy atom. The molecule has 2 N–H and O–H groups in total. The van der Waals surface area contributed by atoms with Crippen molar-refractivity contribution in [2.75, 3.05) is 0 Å². The van der Waals surface area contributed by atoms with Crippen LogP contribution in [0.4, 0.5) is 0 Å². The lowest BCUT2D eigenvalue weighted by atomic mass is 10.3. The highest BCUT2D eigenvalue weighted by Gasteiger charge is 2.01. The molecular formula is C7H6N4O. The molecule has 0 radical (unpaired) electrons. The number of nitrogens with zero attached hydrogens (tertiary/aromatic N) is 3. The first-order valence-corrected chi connectivity index (χ1v) is 3.36. The van der Waals surface area contributed by atoms with Crippen LogP contribution in [0, 0.1) is 0 Å². The van der Waals surface area contributed by atoms with E-state index in [2.05, 4.69) is 9.97 Å². The van der Waals surface area contributed by atoms with Crippen LogP contribution in [0.3, 0.4) is 0 Å². The van der Waals surface area contributed by atoms with Gasteiger partial charge in [0.1, 0.15) is 0 Å². The van der Waals surface area contributed by atoms with Crippen molar-refractivity contribution in [3.8, 4) is 0 Å². The molecule has 0 aliphatic heterocycles. The van der Waals surface area contributed by atoms with Crippen LogP contribution in [0.1, 0.15) is 10.4 Å². The first-order chi connectivity index (χ1) is 5.77. The molecule has 2 heterocycles. The minimum Gasteiger partial charge on any atom is -0.366 e. The number of carbonyl (C=O) groups is 1. The number of amides is 1. The van der Waals surface area contributed by atoms with E-state index < -0.39 is 5.91 Å². The minimum atomic E-state index is -0.488. The average molecular weight is 162 g/mol. The van der Waals surface area contributed by atoms with Gasteiger partial charge in [-0.25, -0.2) is 9.97 Å². The number of nitrogens with two attached hydrogens (primary N) is 1. The monoisotopic (exact) mass is 162 g/mol. The van der Waals surface area contributed by atoms with Crippen molar-refractivity contribution in [1.29, 1.82) is 0 Å². The molecule has 1 amide bonds. The van der Waals surface area contributed by atoms with E-state index >= 15 is 0 Å². The Morgan fingerprint density at radius 3 is 3.08 bits per heavy atom. The Hall–Kier alpha value is -1.91. The Kier molecular flexibility index (Phi) is 1.30. The summed E-state index contributed by atoms with van der Waals surface area (Å²) in [5.74, 6) is 0.0677. The lowest BCUT2D eigenvalue weighted by Gasteiger charge is -1.94. The van der Waals surface area contributed by atoms with Crippen molar-refractivity contribution in [1.82, 2.24) is 14.4 Å². The summed E-state index contributed by atoms with van der Waals surface area (Å²) in [5, 5.41) is 0. The van der Waals surface area contributed by atoms with Gasteiger partial charge in [0.15, 0.2) is 0 Å². The Bertz CT molecular complexity index is 434. The molecule has 12 heavy (non-hydrogen) atoms. The fraction of sp³-hybridized carbons (Fsp3) is 0. The normalized spacial score (nSPS) is 10.3. The maximum atomic E-state index is 10.7. The maximum absolute atomic E-state index is 10.7. The summed E-state index contributed by atoms with van der Waals surface area (Å²) < 4.78 is 1.64. The zero-order valence-corrected chi connectivity index (χ0v) is 6.14. The SMILES string of the molecule is NC(=O)c1cnc2nccn2c1. The van der Waals surface area contributed by atoms with Gasteiger partial charge >= 0.3 is 0 Å². The number of hydrogen-bond donors (Lipinski definition) is 1. The first-order valence-electron chi connectivity index (χ1n) is 3.36. The van der Waals surface area contributed by atoms with Crippen molar-refractivity contribution in [3.05, 3.63) is 30.4 Å². The summed E-state index contributed by atoms with van der Waals surface area (Å²) in [6.07, 6.45) is 6.31. The van der Waals surface area contributed by atoms with Crippen LogP contribution in [0.25, 0.3) is 5.78 Å². The molecule has 5 heteroatoms. The van der Waals surface area contributed by atoms with Gasteiger partial charge in [-0.05, 0) is 0 Å². The second kappa shape index (κ2) is 2.30. The van der Waals surface area contributed by atoms with Crippen LogP contribution in [0.2, 0.25) is 0 Å². The Labute approximate surface area is 67.9 Å². The molecule has 0 unspecified atom stereocenters. The topological polar surface area (TPSA) is 73.3 Å². The van der Waals surface area contributed by atoms with Crippen molar-refractivity contribution < 1.29 is 4.79 Å². The van der Waals surface area contributed by atoms with Gasteiger partial charge in [-0.2, -0.15) is 0 Å². The van der Waals surface area contributed by atoms with E-state index in [1.54, 1.807) is 23.0 Å². The number of fused-ring (bicyclic) bond motifs is 1. The summed E-state index contributed by atoms with van der Waals surface area (Å²) in [6.45, 7) is 0. The maximum Gasteiger partial charge on any atom is 0.251 e. The number of imidazole rings is 1. The molecule has 0 saturated carbocycles. The summed E-state index contributed by atoms with van der Waals surface area (Å²) in [6, 6.07) is 0. The van der Waals surface area contributed by atoms with Crippen LogP contribution in [0.15, 0.2) is 24.8 Å². The number of aromatic nitrogens is 3. The van der Waals surface area contributed by atoms with Gasteiger partial charge in [0.25, 0.3) is 5.91 Å². The van der Waals surface area contributed by atoms with E-state index in [0.29, 0.717) is 11.3 Å². The summed E-state index contributed by atoms with van der Waals surface area (Å²) in [4.78, 5) is 18.5. The van der Waals surface area contributed by atoms with Gasteiger partial charge in [0.2, 0.25) is 5.78 Å². The van der Waals surface area contributed by atoms with Gasteiger partial charge < -0.3 is 5.73 Å². The molecule has 0 spiro atoms. The molecule has 0 aliphatic rings. The Balaban J connectivity index is 2.68. The van der Waals surface area contributed by atoms with E-state index in [4.69, 9.17) is 5.73 Å².